The normalized spacial score (nSPS) is 21.0. The molecule has 0 aliphatic carbocycles. The molecule has 1 fully saturated rings. The van der Waals surface area contributed by atoms with E-state index in [0.717, 1.165) is 0 Å². The van der Waals surface area contributed by atoms with E-state index >= 15 is 0 Å². The van der Waals surface area contributed by atoms with Crippen molar-refractivity contribution in [2.24, 2.45) is 0 Å². The minimum absolute atomic E-state index is 0.319. The molecular weight excluding hydrogens is 86.0 g/mol. The molecule has 4 heteroatoms. The molecule has 1 aliphatic heterocycles. The summed E-state index contributed by atoms with van der Waals surface area (Å²) in [6.07, 6.45) is 0. The van der Waals surface area contributed by atoms with Gasteiger partial charge >= 0.3 is 0 Å². The van der Waals surface area contributed by atoms with E-state index < -0.39 is 0 Å². The molecular formula is C2H4NO3+. The van der Waals surface area contributed by atoms with Gasteiger partial charge in [0.1, 0.15) is 0 Å². The molecule has 1 rings (SSSR count). The van der Waals surface area contributed by atoms with Crippen molar-refractivity contribution >= 4 is 0 Å². The topological polar surface area (TPSA) is 38.5 Å². The van der Waals surface area contributed by atoms with Crippen molar-refractivity contribution in [2.75, 3.05) is 13.2 Å². The quantitative estimate of drug-likeness (QED) is 0.381. The van der Waals surface area contributed by atoms with Gasteiger partial charge < -0.3 is 0 Å². The Balaban J connectivity index is 2.37. The van der Waals surface area contributed by atoms with E-state index in [1.807, 2.05) is 0 Å². The Morgan fingerprint density at radius 3 is 2.67 bits per heavy atom. The lowest BCUT2D eigenvalue weighted by molar-refractivity contribution is -0.846. The summed E-state index contributed by atoms with van der Waals surface area (Å²) < 4.78 is 0. The fourth-order valence-corrected chi connectivity index (χ4v) is 0.245. The van der Waals surface area contributed by atoms with Crippen molar-refractivity contribution in [3.8, 4) is 0 Å². The summed E-state index contributed by atoms with van der Waals surface area (Å²) in [6, 6.07) is 0. The van der Waals surface area contributed by atoms with Crippen LogP contribution in [0, 0.1) is 4.91 Å². The molecule has 0 spiro atoms. The van der Waals surface area contributed by atoms with Crippen LogP contribution in [0.4, 0.5) is 0 Å². The second kappa shape index (κ2) is 1.22. The Bertz CT molecular complexity index is 63.2. The van der Waals surface area contributed by atoms with Gasteiger partial charge in [0.25, 0.3) is 11.5 Å². The number of nitrogens with zero attached hydrogens (tertiary/aromatic N) is 1. The zero-order valence-corrected chi connectivity index (χ0v) is 3.09. The van der Waals surface area contributed by atoms with Crippen LogP contribution in [0.15, 0.2) is 0 Å². The van der Waals surface area contributed by atoms with Gasteiger partial charge in [-0.2, -0.15) is 0 Å². The molecule has 0 saturated carbocycles. The maximum absolute atomic E-state index is 9.81. The highest BCUT2D eigenvalue weighted by molar-refractivity contribution is 4.15. The van der Waals surface area contributed by atoms with Crippen molar-refractivity contribution in [1.29, 1.82) is 0 Å². The maximum atomic E-state index is 9.81. The van der Waals surface area contributed by atoms with E-state index in [1.54, 1.807) is 0 Å². The van der Waals surface area contributed by atoms with Gasteiger partial charge in [0.15, 0.2) is 6.61 Å². The van der Waals surface area contributed by atoms with Crippen LogP contribution in [-0.4, -0.2) is 18.1 Å². The van der Waals surface area contributed by atoms with Crippen molar-refractivity contribution in [3.05, 3.63) is 4.91 Å². The van der Waals surface area contributed by atoms with Gasteiger partial charge in [-0.05, 0) is 4.99 Å². The molecule has 0 bridgehead atoms. The van der Waals surface area contributed by atoms with Gasteiger partial charge in [0.05, 0.1) is 4.91 Å². The van der Waals surface area contributed by atoms with Crippen molar-refractivity contribution in [3.63, 3.8) is 0 Å². The Hall–Kier alpha value is -0.640. The monoisotopic (exact) mass is 90.0 g/mol. The second-order valence-electron chi connectivity index (χ2n) is 0.953. The zero-order valence-electron chi connectivity index (χ0n) is 3.09. The third kappa shape index (κ3) is 0.463. The van der Waals surface area contributed by atoms with E-state index in [4.69, 9.17) is 0 Å². The van der Waals surface area contributed by atoms with Gasteiger partial charge in [-0.1, -0.05) is 0 Å². The summed E-state index contributed by atoms with van der Waals surface area (Å²) in [4.78, 5) is 18.3. The minimum atomic E-state index is 0.319. The summed E-state index contributed by atoms with van der Waals surface area (Å²) in [5.41, 5.74) is 0. The SMILES string of the molecule is O=[N+]1CCOO1. The van der Waals surface area contributed by atoms with Crippen LogP contribution in [0.25, 0.3) is 0 Å². The van der Waals surface area contributed by atoms with Crippen LogP contribution in [-0.2, 0) is 9.88 Å². The van der Waals surface area contributed by atoms with E-state index in [0.29, 0.717) is 18.1 Å². The standard InChI is InChI=1S/C2H4NO3/c4-3-1-2-5-6-3/h1-2H2/q+1. The number of hydrogen-bond acceptors (Lipinski definition) is 3. The Morgan fingerprint density at radius 1 is 1.67 bits per heavy atom. The van der Waals surface area contributed by atoms with Gasteiger partial charge in [-0.3, -0.25) is 0 Å². The van der Waals surface area contributed by atoms with E-state index in [2.05, 4.69) is 9.88 Å². The lowest BCUT2D eigenvalue weighted by atomic mass is 10.8. The Kier molecular flexibility index (Phi) is 0.719. The highest BCUT2D eigenvalue weighted by Gasteiger charge is 2.19. The largest absolute Gasteiger partial charge is 0.279 e. The first kappa shape index (κ1) is 3.55. The van der Waals surface area contributed by atoms with Gasteiger partial charge in [-0.15, -0.1) is 4.89 Å². The van der Waals surface area contributed by atoms with Gasteiger partial charge in [-0.25, -0.2) is 0 Å². The Morgan fingerprint density at radius 2 is 2.50 bits per heavy atom. The molecule has 6 heavy (non-hydrogen) atoms. The lowest BCUT2D eigenvalue weighted by Gasteiger charge is -1.66. The first-order valence-electron chi connectivity index (χ1n) is 1.64. The highest BCUT2D eigenvalue weighted by atomic mass is 17.3. The predicted molar refractivity (Wildman–Crippen MR) is 15.5 cm³/mol. The summed E-state index contributed by atoms with van der Waals surface area (Å²) in [6.45, 7) is 0.698. The molecule has 1 saturated heterocycles. The molecule has 0 aromatic rings. The highest BCUT2D eigenvalue weighted by Crippen LogP contribution is 1.88. The molecule has 1 heterocycles. The zero-order chi connectivity index (χ0) is 4.41. The fourth-order valence-electron chi connectivity index (χ4n) is 0.245. The van der Waals surface area contributed by atoms with Gasteiger partial charge in [0.2, 0.25) is 0 Å². The molecule has 34 valence electrons. The average Bonchev–Trinajstić information content (AvgIpc) is 1.86. The molecule has 0 aromatic heterocycles. The first-order valence-corrected chi connectivity index (χ1v) is 1.64. The van der Waals surface area contributed by atoms with E-state index in [-0.39, 0.29) is 0 Å². The smallest absolute Gasteiger partial charge is 0.117 e. The summed E-state index contributed by atoms with van der Waals surface area (Å²) in [5, 5.41) is 0. The number of rotatable bonds is 0. The van der Waals surface area contributed by atoms with Crippen LogP contribution in [0.5, 0.6) is 0 Å². The van der Waals surface area contributed by atoms with E-state index in [9.17, 15) is 4.91 Å². The third-order valence-corrected chi connectivity index (χ3v) is 0.493. The molecule has 0 atom stereocenters. The van der Waals surface area contributed by atoms with Crippen LogP contribution in [0.2, 0.25) is 0 Å². The van der Waals surface area contributed by atoms with Gasteiger partial charge in [0, 0.05) is 0 Å². The third-order valence-electron chi connectivity index (χ3n) is 0.493. The molecule has 4 nitrogen and oxygen atoms in total. The maximum Gasteiger partial charge on any atom is 0.279 e. The van der Waals surface area contributed by atoms with E-state index in [1.165, 1.54) is 0 Å². The van der Waals surface area contributed by atoms with Crippen molar-refractivity contribution in [1.82, 2.24) is 0 Å². The summed E-state index contributed by atoms with van der Waals surface area (Å²) in [5.74, 6) is 0. The number of hydrogen-bond donors (Lipinski definition) is 0. The molecule has 0 radical (unpaired) electrons. The van der Waals surface area contributed by atoms with Crippen molar-refractivity contribution < 1.29 is 14.8 Å². The minimum Gasteiger partial charge on any atom is -0.117 e. The first-order chi connectivity index (χ1) is 2.89. The predicted octanol–water partition coefficient (Wildman–Crippen LogP) is -0.358. The lowest BCUT2D eigenvalue weighted by Crippen LogP contribution is -1.96. The fraction of sp³-hybridized carbons (Fsp3) is 1.00. The summed E-state index contributed by atoms with van der Waals surface area (Å²) >= 11 is 0. The molecule has 0 unspecified atom stereocenters. The molecule has 0 aromatic carbocycles. The second-order valence-corrected chi connectivity index (χ2v) is 0.953. The molecule has 1 aliphatic rings. The van der Waals surface area contributed by atoms with Crippen LogP contribution in [0.1, 0.15) is 0 Å². The molecule has 0 amide bonds. The summed E-state index contributed by atoms with van der Waals surface area (Å²) in [7, 11) is 0. The Labute approximate surface area is 34.1 Å². The van der Waals surface area contributed by atoms with Crippen LogP contribution < -0.4 is 0 Å². The molecule has 0 N–H and O–H groups in total. The average molecular weight is 90.1 g/mol. The van der Waals surface area contributed by atoms with Crippen LogP contribution >= 0.6 is 0 Å². The van der Waals surface area contributed by atoms with Crippen LogP contribution in [0.3, 0.4) is 0 Å². The van der Waals surface area contributed by atoms with Crippen molar-refractivity contribution in [2.45, 2.75) is 0 Å².